The first-order chi connectivity index (χ1) is 17.3. The molecule has 11 heteroatoms. The molecule has 2 aliphatic heterocycles. The fourth-order valence-corrected chi connectivity index (χ4v) is 5.79. The number of hydrogen-bond acceptors (Lipinski definition) is 7. The van der Waals surface area contributed by atoms with Crippen molar-refractivity contribution in [2.75, 3.05) is 46.6 Å². The van der Waals surface area contributed by atoms with E-state index in [-0.39, 0.29) is 41.2 Å². The number of sulfonamides is 1. The molecule has 0 bridgehead atoms. The lowest BCUT2D eigenvalue weighted by atomic mass is 9.95. The fourth-order valence-electron chi connectivity index (χ4n) is 4.39. The van der Waals surface area contributed by atoms with Crippen molar-refractivity contribution in [3.8, 4) is 0 Å². The predicted octanol–water partition coefficient (Wildman–Crippen LogP) is 2.30. The second-order valence-corrected chi connectivity index (χ2v) is 10.3. The summed E-state index contributed by atoms with van der Waals surface area (Å²) >= 11 is 0. The number of hydrogen-bond donors (Lipinski definition) is 1. The predicted molar refractivity (Wildman–Crippen MR) is 128 cm³/mol. The Morgan fingerprint density at radius 2 is 1.78 bits per heavy atom. The van der Waals surface area contributed by atoms with Gasteiger partial charge in [0.2, 0.25) is 10.0 Å². The number of carbonyl (C=O) groups excluding carboxylic acids is 2. The third-order valence-electron chi connectivity index (χ3n) is 6.22. The molecule has 0 aromatic heterocycles. The maximum atomic E-state index is 14.8. The lowest BCUT2D eigenvalue weighted by molar-refractivity contribution is -0.140. The summed E-state index contributed by atoms with van der Waals surface area (Å²) < 4.78 is 52.2. The van der Waals surface area contributed by atoms with E-state index >= 15 is 0 Å². The molecule has 1 unspecified atom stereocenters. The molecule has 2 fully saturated rings. The van der Waals surface area contributed by atoms with Crippen LogP contribution in [0, 0.1) is 5.82 Å². The van der Waals surface area contributed by atoms with Gasteiger partial charge in [-0.1, -0.05) is 18.2 Å². The highest BCUT2D eigenvalue weighted by Gasteiger charge is 2.46. The van der Waals surface area contributed by atoms with Gasteiger partial charge in [0, 0.05) is 44.5 Å². The van der Waals surface area contributed by atoms with E-state index in [0.29, 0.717) is 26.2 Å². The fraction of sp³-hybridized carbons (Fsp3) is 0.360. The van der Waals surface area contributed by atoms with Gasteiger partial charge in [-0.2, -0.15) is 4.31 Å². The van der Waals surface area contributed by atoms with Gasteiger partial charge >= 0.3 is 0 Å². The van der Waals surface area contributed by atoms with E-state index in [1.807, 2.05) is 0 Å². The van der Waals surface area contributed by atoms with Crippen LogP contribution in [-0.2, 0) is 29.1 Å². The highest BCUT2D eigenvalue weighted by atomic mass is 32.2. The molecule has 1 amide bonds. The highest BCUT2D eigenvalue weighted by Crippen LogP contribution is 2.40. The molecule has 0 saturated carbocycles. The summed E-state index contributed by atoms with van der Waals surface area (Å²) in [5.41, 5.74) is -0.0550. The molecule has 2 aliphatic rings. The second kappa shape index (κ2) is 10.9. The first-order valence-electron chi connectivity index (χ1n) is 11.5. The molecule has 0 radical (unpaired) electrons. The Morgan fingerprint density at radius 3 is 2.42 bits per heavy atom. The lowest BCUT2D eigenvalue weighted by Gasteiger charge is -2.26. The molecule has 192 valence electrons. The number of benzene rings is 2. The van der Waals surface area contributed by atoms with E-state index in [2.05, 4.69) is 0 Å². The summed E-state index contributed by atoms with van der Waals surface area (Å²) in [4.78, 5) is 27.1. The van der Waals surface area contributed by atoms with Crippen LogP contribution < -0.4 is 0 Å². The number of rotatable bonds is 8. The Bertz CT molecular complexity index is 1270. The highest BCUT2D eigenvalue weighted by molar-refractivity contribution is 7.89. The molecular weight excluding hydrogens is 491 g/mol. The number of carbonyl (C=O) groups is 2. The Kier molecular flexibility index (Phi) is 7.84. The molecule has 1 atom stereocenters. The van der Waals surface area contributed by atoms with Gasteiger partial charge in [-0.25, -0.2) is 12.8 Å². The topological polar surface area (TPSA) is 113 Å². The Morgan fingerprint density at radius 1 is 1.11 bits per heavy atom. The molecule has 36 heavy (non-hydrogen) atoms. The SMILES string of the molecule is COCCCN1C(=O)C(=O)/C(=C(/O)c2ccc(S(=O)(=O)N3CCOCC3)cc2)C1c1ccccc1F. The van der Waals surface area contributed by atoms with Crippen LogP contribution in [0.3, 0.4) is 0 Å². The number of aliphatic hydroxyl groups is 1. The number of likely N-dealkylation sites (tertiary alicyclic amines) is 1. The van der Waals surface area contributed by atoms with Gasteiger partial charge in [-0.05, 0) is 36.8 Å². The zero-order valence-electron chi connectivity index (χ0n) is 19.7. The van der Waals surface area contributed by atoms with Crippen molar-refractivity contribution in [2.24, 2.45) is 0 Å². The van der Waals surface area contributed by atoms with Crippen LogP contribution in [-0.4, -0.2) is 81.0 Å². The van der Waals surface area contributed by atoms with Crippen molar-refractivity contribution in [3.63, 3.8) is 0 Å². The van der Waals surface area contributed by atoms with Crippen molar-refractivity contribution in [2.45, 2.75) is 17.4 Å². The summed E-state index contributed by atoms with van der Waals surface area (Å²) in [5.74, 6) is -2.93. The number of methoxy groups -OCH3 is 1. The monoisotopic (exact) mass is 518 g/mol. The average molecular weight is 519 g/mol. The number of nitrogens with zero attached hydrogens (tertiary/aromatic N) is 2. The van der Waals surface area contributed by atoms with Gasteiger partial charge in [-0.15, -0.1) is 0 Å². The molecule has 1 N–H and O–H groups in total. The smallest absolute Gasteiger partial charge is 0.295 e. The number of ether oxygens (including phenoxy) is 2. The third kappa shape index (κ3) is 4.92. The van der Waals surface area contributed by atoms with Crippen LogP contribution in [0.15, 0.2) is 59.0 Å². The van der Waals surface area contributed by atoms with Crippen LogP contribution in [0.2, 0.25) is 0 Å². The Hall–Kier alpha value is -3.12. The van der Waals surface area contributed by atoms with Gasteiger partial charge in [0.15, 0.2) is 0 Å². The van der Waals surface area contributed by atoms with E-state index in [9.17, 15) is 27.5 Å². The summed E-state index contributed by atoms with van der Waals surface area (Å²) in [5, 5.41) is 11.1. The molecule has 0 spiro atoms. The quantitative estimate of drug-likeness (QED) is 0.247. The van der Waals surface area contributed by atoms with E-state index in [1.54, 1.807) is 6.07 Å². The largest absolute Gasteiger partial charge is 0.507 e. The van der Waals surface area contributed by atoms with E-state index in [4.69, 9.17) is 9.47 Å². The zero-order valence-corrected chi connectivity index (χ0v) is 20.5. The van der Waals surface area contributed by atoms with Crippen LogP contribution in [0.1, 0.15) is 23.6 Å². The van der Waals surface area contributed by atoms with Gasteiger partial charge in [0.25, 0.3) is 11.7 Å². The molecule has 2 saturated heterocycles. The lowest BCUT2D eigenvalue weighted by Crippen LogP contribution is -2.40. The van der Waals surface area contributed by atoms with Gasteiger partial charge in [0.05, 0.1) is 29.7 Å². The molecule has 2 aromatic rings. The zero-order chi connectivity index (χ0) is 25.9. The summed E-state index contributed by atoms with van der Waals surface area (Å²) in [6.45, 7) is 1.52. The molecule has 0 aliphatic carbocycles. The van der Waals surface area contributed by atoms with Gasteiger partial charge in [0.1, 0.15) is 11.6 Å². The minimum Gasteiger partial charge on any atom is -0.507 e. The van der Waals surface area contributed by atoms with Crippen molar-refractivity contribution in [1.29, 1.82) is 0 Å². The maximum absolute atomic E-state index is 14.8. The van der Waals surface area contributed by atoms with Crippen molar-refractivity contribution in [1.82, 2.24) is 9.21 Å². The molecule has 2 aromatic carbocycles. The summed E-state index contributed by atoms with van der Waals surface area (Å²) in [6.07, 6.45) is 0.405. The Labute approximate surface area is 208 Å². The van der Waals surface area contributed by atoms with Crippen molar-refractivity contribution >= 4 is 27.5 Å². The molecule has 9 nitrogen and oxygen atoms in total. The van der Waals surface area contributed by atoms with Crippen LogP contribution >= 0.6 is 0 Å². The van der Waals surface area contributed by atoms with E-state index in [0.717, 1.165) is 0 Å². The minimum absolute atomic E-state index is 0.0200. The van der Waals surface area contributed by atoms with Crippen LogP contribution in [0.4, 0.5) is 4.39 Å². The first kappa shape index (κ1) is 26.0. The number of Topliss-reactive ketones (excluding diaryl/α,β-unsaturated/α-hetero) is 1. The Balaban J connectivity index is 1.73. The minimum atomic E-state index is -3.76. The standard InChI is InChI=1S/C25H27FN2O7S/c1-34-14-4-11-28-22(19-5-2-3-6-20(19)26)21(24(30)25(28)31)23(29)17-7-9-18(10-8-17)36(32,33)27-12-15-35-16-13-27/h2-3,5-10,22,29H,4,11-16H2,1H3/b23-21+. The number of morpholine rings is 1. The summed E-state index contributed by atoms with van der Waals surface area (Å²) in [7, 11) is -2.25. The first-order valence-corrected chi connectivity index (χ1v) is 12.9. The van der Waals surface area contributed by atoms with E-state index in [1.165, 1.54) is 58.8 Å². The number of aliphatic hydroxyl groups excluding tert-OH is 1. The third-order valence-corrected chi connectivity index (χ3v) is 8.14. The van der Waals surface area contributed by atoms with Crippen LogP contribution in [0.25, 0.3) is 5.76 Å². The molecule has 4 rings (SSSR count). The maximum Gasteiger partial charge on any atom is 0.295 e. The van der Waals surface area contributed by atoms with Gasteiger partial charge < -0.3 is 19.5 Å². The molecule has 2 heterocycles. The number of ketones is 1. The van der Waals surface area contributed by atoms with E-state index < -0.39 is 39.3 Å². The van der Waals surface area contributed by atoms with Gasteiger partial charge in [-0.3, -0.25) is 9.59 Å². The van der Waals surface area contributed by atoms with Crippen molar-refractivity contribution in [3.05, 3.63) is 71.0 Å². The molecular formula is C25H27FN2O7S. The van der Waals surface area contributed by atoms with Crippen molar-refractivity contribution < 1.29 is 37.0 Å². The van der Waals surface area contributed by atoms with Crippen LogP contribution in [0.5, 0.6) is 0 Å². The normalized spacial score (nSPS) is 20.7. The number of amides is 1. The average Bonchev–Trinajstić information content (AvgIpc) is 3.14. The number of halogens is 1. The second-order valence-electron chi connectivity index (χ2n) is 8.40. The summed E-state index contributed by atoms with van der Waals surface area (Å²) in [6, 6.07) is 9.98.